The number of nitrogens with zero attached hydrogens (tertiary/aromatic N) is 3. The second-order valence-electron chi connectivity index (χ2n) is 4.44. The number of pyridine rings is 1. The first-order chi connectivity index (χ1) is 8.42. The second kappa shape index (κ2) is 4.81. The zero-order valence-electron chi connectivity index (χ0n) is 9.82. The van der Waals surface area contributed by atoms with Gasteiger partial charge in [-0.25, -0.2) is 9.97 Å². The number of hydrogen-bond donors (Lipinski definition) is 2. The van der Waals surface area contributed by atoms with Crippen molar-refractivity contribution in [3.8, 4) is 0 Å². The molecule has 0 radical (unpaired) electrons. The molecule has 0 aliphatic carbocycles. The Morgan fingerprint density at radius 2 is 2.29 bits per heavy atom. The molecule has 3 heterocycles. The molecule has 0 unspecified atom stereocenters. The van der Waals surface area contributed by atoms with Crippen molar-refractivity contribution in [2.45, 2.75) is 13.0 Å². The SMILES string of the molecule is c1cnc2nc(CN3CCCNCC3)[nH]c2c1. The van der Waals surface area contributed by atoms with E-state index in [0.29, 0.717) is 0 Å². The predicted molar refractivity (Wildman–Crippen MR) is 66.7 cm³/mol. The fraction of sp³-hybridized carbons (Fsp3) is 0.500. The van der Waals surface area contributed by atoms with Gasteiger partial charge in [0.05, 0.1) is 12.1 Å². The Morgan fingerprint density at radius 1 is 1.29 bits per heavy atom. The van der Waals surface area contributed by atoms with Crippen molar-refractivity contribution in [2.75, 3.05) is 26.2 Å². The summed E-state index contributed by atoms with van der Waals surface area (Å²) in [5.74, 6) is 1.01. The van der Waals surface area contributed by atoms with Crippen molar-refractivity contribution in [3.05, 3.63) is 24.2 Å². The lowest BCUT2D eigenvalue weighted by Crippen LogP contribution is -2.28. The largest absolute Gasteiger partial charge is 0.340 e. The molecule has 0 amide bonds. The Labute approximate surface area is 100 Å². The van der Waals surface area contributed by atoms with Gasteiger partial charge in [-0.3, -0.25) is 4.90 Å². The minimum Gasteiger partial charge on any atom is -0.340 e. The normalized spacial score (nSPS) is 18.4. The fourth-order valence-electron chi connectivity index (χ4n) is 2.24. The highest BCUT2D eigenvalue weighted by atomic mass is 15.2. The third-order valence-corrected chi connectivity index (χ3v) is 3.11. The van der Waals surface area contributed by atoms with E-state index >= 15 is 0 Å². The number of rotatable bonds is 2. The van der Waals surface area contributed by atoms with Crippen molar-refractivity contribution in [2.24, 2.45) is 0 Å². The van der Waals surface area contributed by atoms with Gasteiger partial charge in [0.2, 0.25) is 0 Å². The number of H-pyrrole nitrogens is 1. The van der Waals surface area contributed by atoms with Crippen LogP contribution in [0, 0.1) is 0 Å². The average Bonchev–Trinajstić information content (AvgIpc) is 2.57. The summed E-state index contributed by atoms with van der Waals surface area (Å²) >= 11 is 0. The topological polar surface area (TPSA) is 56.8 Å². The van der Waals surface area contributed by atoms with Crippen LogP contribution in [0.5, 0.6) is 0 Å². The van der Waals surface area contributed by atoms with Crippen LogP contribution in [0.2, 0.25) is 0 Å². The first kappa shape index (κ1) is 10.7. The lowest BCUT2D eigenvalue weighted by Gasteiger charge is -2.17. The van der Waals surface area contributed by atoms with Crippen LogP contribution in [-0.2, 0) is 6.54 Å². The highest BCUT2D eigenvalue weighted by Crippen LogP contribution is 2.09. The Morgan fingerprint density at radius 3 is 3.24 bits per heavy atom. The number of imidazole rings is 1. The van der Waals surface area contributed by atoms with Gasteiger partial charge in [-0.2, -0.15) is 0 Å². The molecule has 1 aliphatic heterocycles. The van der Waals surface area contributed by atoms with E-state index in [2.05, 4.69) is 25.2 Å². The number of aromatic nitrogens is 3. The summed E-state index contributed by atoms with van der Waals surface area (Å²) in [4.78, 5) is 14.5. The molecule has 0 atom stereocenters. The summed E-state index contributed by atoms with van der Waals surface area (Å²) in [6.07, 6.45) is 2.99. The first-order valence-electron chi connectivity index (χ1n) is 6.14. The molecule has 5 nitrogen and oxygen atoms in total. The zero-order valence-corrected chi connectivity index (χ0v) is 9.82. The molecular weight excluding hydrogens is 214 g/mol. The van der Waals surface area contributed by atoms with Crippen molar-refractivity contribution in [1.82, 2.24) is 25.2 Å². The first-order valence-corrected chi connectivity index (χ1v) is 6.14. The summed E-state index contributed by atoms with van der Waals surface area (Å²) < 4.78 is 0. The van der Waals surface area contributed by atoms with Gasteiger partial charge in [0.25, 0.3) is 0 Å². The number of hydrogen-bond acceptors (Lipinski definition) is 4. The van der Waals surface area contributed by atoms with E-state index in [1.54, 1.807) is 6.20 Å². The molecule has 1 saturated heterocycles. The number of aromatic amines is 1. The maximum atomic E-state index is 4.51. The molecule has 1 aliphatic rings. The van der Waals surface area contributed by atoms with Crippen LogP contribution in [-0.4, -0.2) is 46.0 Å². The molecular formula is C12H17N5. The molecule has 17 heavy (non-hydrogen) atoms. The van der Waals surface area contributed by atoms with Crippen LogP contribution >= 0.6 is 0 Å². The maximum Gasteiger partial charge on any atom is 0.177 e. The molecule has 0 saturated carbocycles. The van der Waals surface area contributed by atoms with E-state index in [0.717, 1.165) is 49.7 Å². The van der Waals surface area contributed by atoms with Gasteiger partial charge in [0, 0.05) is 19.3 Å². The molecule has 0 bridgehead atoms. The van der Waals surface area contributed by atoms with E-state index in [-0.39, 0.29) is 0 Å². The van der Waals surface area contributed by atoms with Crippen molar-refractivity contribution >= 4 is 11.2 Å². The fourth-order valence-corrected chi connectivity index (χ4v) is 2.24. The molecule has 2 N–H and O–H groups in total. The van der Waals surface area contributed by atoms with Crippen LogP contribution in [0.3, 0.4) is 0 Å². The van der Waals surface area contributed by atoms with Gasteiger partial charge in [0.1, 0.15) is 5.82 Å². The van der Waals surface area contributed by atoms with Crippen LogP contribution < -0.4 is 5.32 Å². The van der Waals surface area contributed by atoms with E-state index in [1.165, 1.54) is 6.42 Å². The summed E-state index contributed by atoms with van der Waals surface area (Å²) in [6, 6.07) is 3.95. The van der Waals surface area contributed by atoms with Crippen LogP contribution in [0.4, 0.5) is 0 Å². The predicted octanol–water partition coefficient (Wildman–Crippen LogP) is 0.753. The van der Waals surface area contributed by atoms with Crippen molar-refractivity contribution in [3.63, 3.8) is 0 Å². The van der Waals surface area contributed by atoms with Gasteiger partial charge >= 0.3 is 0 Å². The third kappa shape index (κ3) is 2.45. The van der Waals surface area contributed by atoms with Crippen LogP contribution in [0.1, 0.15) is 12.2 Å². The second-order valence-corrected chi connectivity index (χ2v) is 4.44. The van der Waals surface area contributed by atoms with Gasteiger partial charge in [-0.1, -0.05) is 0 Å². The minimum absolute atomic E-state index is 0.815. The van der Waals surface area contributed by atoms with Gasteiger partial charge in [0.15, 0.2) is 5.65 Å². The van der Waals surface area contributed by atoms with E-state index in [1.807, 2.05) is 12.1 Å². The molecule has 0 spiro atoms. The number of nitrogens with one attached hydrogen (secondary N) is 2. The highest BCUT2D eigenvalue weighted by molar-refractivity contribution is 5.69. The lowest BCUT2D eigenvalue weighted by molar-refractivity contribution is 0.278. The Bertz CT molecular complexity index is 451. The zero-order chi connectivity index (χ0) is 11.5. The van der Waals surface area contributed by atoms with E-state index in [9.17, 15) is 0 Å². The molecule has 90 valence electrons. The third-order valence-electron chi connectivity index (χ3n) is 3.11. The van der Waals surface area contributed by atoms with Gasteiger partial charge in [-0.05, 0) is 31.6 Å². The smallest absolute Gasteiger partial charge is 0.177 e. The molecule has 1 fully saturated rings. The Hall–Kier alpha value is -1.46. The molecule has 5 heteroatoms. The molecule has 0 aromatic carbocycles. The molecule has 3 rings (SSSR count). The summed E-state index contributed by atoms with van der Waals surface area (Å²) in [7, 11) is 0. The monoisotopic (exact) mass is 231 g/mol. The van der Waals surface area contributed by atoms with Crippen LogP contribution in [0.15, 0.2) is 18.3 Å². The summed E-state index contributed by atoms with van der Waals surface area (Å²) in [5, 5.41) is 3.40. The average molecular weight is 231 g/mol. The standard InChI is InChI=1S/C12H17N5/c1-3-10-12(14-5-1)16-11(15-10)9-17-7-2-4-13-6-8-17/h1,3,5,13H,2,4,6-9H2,(H,14,15,16). The summed E-state index contributed by atoms with van der Waals surface area (Å²) in [5.41, 5.74) is 1.84. The van der Waals surface area contributed by atoms with E-state index < -0.39 is 0 Å². The van der Waals surface area contributed by atoms with E-state index in [4.69, 9.17) is 0 Å². The van der Waals surface area contributed by atoms with Crippen LogP contribution in [0.25, 0.3) is 11.2 Å². The lowest BCUT2D eigenvalue weighted by atomic mass is 10.4. The summed E-state index contributed by atoms with van der Waals surface area (Å²) in [6.45, 7) is 5.30. The molecule has 2 aromatic rings. The quantitative estimate of drug-likeness (QED) is 0.801. The van der Waals surface area contributed by atoms with Crippen molar-refractivity contribution in [1.29, 1.82) is 0 Å². The van der Waals surface area contributed by atoms with Crippen molar-refractivity contribution < 1.29 is 0 Å². The minimum atomic E-state index is 0.815. The maximum absolute atomic E-state index is 4.51. The van der Waals surface area contributed by atoms with Gasteiger partial charge < -0.3 is 10.3 Å². The van der Waals surface area contributed by atoms with Gasteiger partial charge in [-0.15, -0.1) is 0 Å². The highest BCUT2D eigenvalue weighted by Gasteiger charge is 2.11. The Kier molecular flexibility index (Phi) is 3.02. The number of fused-ring (bicyclic) bond motifs is 1. The Balaban J connectivity index is 1.75. The molecule has 2 aromatic heterocycles.